The van der Waals surface area contributed by atoms with E-state index in [1.807, 2.05) is 0 Å². The Morgan fingerprint density at radius 1 is 1.14 bits per heavy atom. The van der Waals surface area contributed by atoms with Gasteiger partial charge in [-0.2, -0.15) is 0 Å². The summed E-state index contributed by atoms with van der Waals surface area (Å²) < 4.78 is 7.14. The van der Waals surface area contributed by atoms with E-state index in [1.54, 1.807) is 0 Å². The van der Waals surface area contributed by atoms with Gasteiger partial charge in [-0.25, -0.2) is 0 Å². The molecular formula is C12H11IO. The fourth-order valence-electron chi connectivity index (χ4n) is 2.25. The third kappa shape index (κ3) is 1.20. The van der Waals surface area contributed by atoms with Crippen LogP contribution in [0.4, 0.5) is 0 Å². The van der Waals surface area contributed by atoms with Gasteiger partial charge in [-0.05, 0) is 47.9 Å². The Balaban J connectivity index is 2.36. The molecule has 0 spiro atoms. The largest absolute Gasteiger partial charge is 0.460 e. The molecule has 1 aromatic heterocycles. The van der Waals surface area contributed by atoms with Crippen molar-refractivity contribution in [2.45, 2.75) is 25.7 Å². The third-order valence-corrected chi connectivity index (χ3v) is 3.78. The van der Waals surface area contributed by atoms with Crippen LogP contribution in [0.3, 0.4) is 0 Å². The summed E-state index contributed by atoms with van der Waals surface area (Å²) in [5, 5.41) is 1.34. The Kier molecular flexibility index (Phi) is 2.04. The summed E-state index contributed by atoms with van der Waals surface area (Å²) in [6, 6.07) is 6.41. The number of aryl methyl sites for hydroxylation is 2. The molecule has 2 heteroatoms. The fraction of sp³-hybridized carbons (Fsp3) is 0.333. The van der Waals surface area contributed by atoms with Gasteiger partial charge < -0.3 is 4.42 Å². The Bertz CT molecular complexity index is 484. The van der Waals surface area contributed by atoms with Gasteiger partial charge in [0, 0.05) is 17.4 Å². The third-order valence-electron chi connectivity index (χ3n) is 2.93. The molecule has 1 heterocycles. The van der Waals surface area contributed by atoms with E-state index in [1.165, 1.54) is 39.5 Å². The van der Waals surface area contributed by atoms with Gasteiger partial charge in [0.05, 0.1) is 3.57 Å². The maximum Gasteiger partial charge on any atom is 0.147 e. The molecule has 0 fully saturated rings. The number of furan rings is 1. The lowest BCUT2D eigenvalue weighted by molar-refractivity contribution is 0.505. The zero-order valence-corrected chi connectivity index (χ0v) is 10.0. The van der Waals surface area contributed by atoms with Crippen molar-refractivity contribution in [3.05, 3.63) is 33.1 Å². The summed E-state index contributed by atoms with van der Waals surface area (Å²) in [4.78, 5) is 0. The molecule has 1 nitrogen and oxygen atoms in total. The molecule has 0 amide bonds. The number of hydrogen-bond acceptors (Lipinski definition) is 1. The highest BCUT2D eigenvalue weighted by atomic mass is 127. The van der Waals surface area contributed by atoms with Crippen molar-refractivity contribution in [2.24, 2.45) is 0 Å². The zero-order chi connectivity index (χ0) is 9.54. The topological polar surface area (TPSA) is 13.1 Å². The Morgan fingerprint density at radius 2 is 2.00 bits per heavy atom. The summed E-state index contributed by atoms with van der Waals surface area (Å²) in [6.45, 7) is 0. The summed E-state index contributed by atoms with van der Waals surface area (Å²) in [5.74, 6) is 1.23. The minimum atomic E-state index is 1.10. The second-order valence-electron chi connectivity index (χ2n) is 3.83. The molecule has 14 heavy (non-hydrogen) atoms. The van der Waals surface area contributed by atoms with E-state index in [-0.39, 0.29) is 0 Å². The average molecular weight is 298 g/mol. The number of rotatable bonds is 0. The van der Waals surface area contributed by atoms with Gasteiger partial charge in [0.2, 0.25) is 0 Å². The van der Waals surface area contributed by atoms with Gasteiger partial charge in [0.15, 0.2) is 0 Å². The zero-order valence-electron chi connectivity index (χ0n) is 7.85. The molecule has 2 aromatic rings. The lowest BCUT2D eigenvalue weighted by Gasteiger charge is -2.08. The Labute approximate surface area is 96.6 Å². The van der Waals surface area contributed by atoms with E-state index in [2.05, 4.69) is 40.8 Å². The molecule has 1 aliphatic rings. The summed E-state index contributed by atoms with van der Waals surface area (Å²) in [7, 11) is 0. The van der Waals surface area contributed by atoms with Crippen LogP contribution in [-0.2, 0) is 12.8 Å². The van der Waals surface area contributed by atoms with Crippen molar-refractivity contribution < 1.29 is 4.42 Å². The van der Waals surface area contributed by atoms with Crippen molar-refractivity contribution in [3.63, 3.8) is 0 Å². The van der Waals surface area contributed by atoms with Crippen molar-refractivity contribution in [3.8, 4) is 0 Å². The monoisotopic (exact) mass is 298 g/mol. The highest BCUT2D eigenvalue weighted by Crippen LogP contribution is 2.33. The van der Waals surface area contributed by atoms with E-state index >= 15 is 0 Å². The maximum absolute atomic E-state index is 5.91. The van der Waals surface area contributed by atoms with E-state index in [0.29, 0.717) is 0 Å². The standard InChI is InChI=1S/C12H11IO/c13-10-6-3-5-9-8-4-1-2-7-11(8)14-12(9)10/h3,5-6H,1-2,4,7H2. The number of para-hydroxylation sites is 1. The average Bonchev–Trinajstić information content (AvgIpc) is 2.59. The molecule has 3 rings (SSSR count). The molecule has 0 unspecified atom stereocenters. The van der Waals surface area contributed by atoms with E-state index in [0.717, 1.165) is 12.0 Å². The van der Waals surface area contributed by atoms with Crippen molar-refractivity contribution in [2.75, 3.05) is 0 Å². The molecule has 1 aliphatic carbocycles. The minimum absolute atomic E-state index is 1.10. The predicted molar refractivity (Wildman–Crippen MR) is 65.6 cm³/mol. The first-order valence-electron chi connectivity index (χ1n) is 5.05. The first-order chi connectivity index (χ1) is 6.86. The van der Waals surface area contributed by atoms with Crippen molar-refractivity contribution >= 4 is 33.6 Å². The molecule has 0 aliphatic heterocycles. The van der Waals surface area contributed by atoms with Crippen LogP contribution in [0, 0.1) is 3.57 Å². The van der Waals surface area contributed by atoms with Gasteiger partial charge in [-0.1, -0.05) is 12.1 Å². The SMILES string of the molecule is Ic1cccc2c3c(oc12)CCCC3. The Morgan fingerprint density at radius 3 is 2.93 bits per heavy atom. The molecule has 0 saturated heterocycles. The van der Waals surface area contributed by atoms with Crippen LogP contribution in [0.1, 0.15) is 24.2 Å². The Hall–Kier alpha value is -0.510. The molecule has 0 saturated carbocycles. The predicted octanol–water partition coefficient (Wildman–Crippen LogP) is 3.92. The number of benzene rings is 1. The van der Waals surface area contributed by atoms with Crippen LogP contribution >= 0.6 is 22.6 Å². The molecule has 0 N–H and O–H groups in total. The van der Waals surface area contributed by atoms with Crippen molar-refractivity contribution in [1.29, 1.82) is 0 Å². The molecule has 72 valence electrons. The van der Waals surface area contributed by atoms with E-state index in [4.69, 9.17) is 4.42 Å². The van der Waals surface area contributed by atoms with Gasteiger partial charge >= 0.3 is 0 Å². The molecule has 0 atom stereocenters. The first-order valence-corrected chi connectivity index (χ1v) is 6.13. The van der Waals surface area contributed by atoms with Crippen LogP contribution < -0.4 is 0 Å². The fourth-order valence-corrected chi connectivity index (χ4v) is 2.86. The van der Waals surface area contributed by atoms with Crippen molar-refractivity contribution in [1.82, 2.24) is 0 Å². The van der Waals surface area contributed by atoms with Crippen LogP contribution in [0.5, 0.6) is 0 Å². The minimum Gasteiger partial charge on any atom is -0.460 e. The van der Waals surface area contributed by atoms with Crippen LogP contribution in [0.2, 0.25) is 0 Å². The lowest BCUT2D eigenvalue weighted by Crippen LogP contribution is -1.98. The maximum atomic E-state index is 5.91. The van der Waals surface area contributed by atoms with Gasteiger partial charge in [0.1, 0.15) is 11.3 Å². The highest BCUT2D eigenvalue weighted by molar-refractivity contribution is 14.1. The second-order valence-corrected chi connectivity index (χ2v) is 4.99. The van der Waals surface area contributed by atoms with E-state index < -0.39 is 0 Å². The first kappa shape index (κ1) is 8.77. The molecular weight excluding hydrogens is 287 g/mol. The van der Waals surface area contributed by atoms with Crippen LogP contribution in [0.15, 0.2) is 22.6 Å². The smallest absolute Gasteiger partial charge is 0.147 e. The number of fused-ring (bicyclic) bond motifs is 3. The van der Waals surface area contributed by atoms with E-state index in [9.17, 15) is 0 Å². The lowest BCUT2D eigenvalue weighted by atomic mass is 9.96. The number of halogens is 1. The molecule has 0 bridgehead atoms. The molecule has 1 aromatic carbocycles. The van der Waals surface area contributed by atoms with Crippen LogP contribution in [-0.4, -0.2) is 0 Å². The van der Waals surface area contributed by atoms with Gasteiger partial charge in [0.25, 0.3) is 0 Å². The normalized spacial score (nSPS) is 15.8. The highest BCUT2D eigenvalue weighted by Gasteiger charge is 2.18. The van der Waals surface area contributed by atoms with Gasteiger partial charge in [-0.3, -0.25) is 0 Å². The summed E-state index contributed by atoms with van der Waals surface area (Å²) in [6.07, 6.45) is 4.92. The summed E-state index contributed by atoms with van der Waals surface area (Å²) in [5.41, 5.74) is 2.56. The number of hydrogen-bond donors (Lipinski definition) is 0. The summed E-state index contributed by atoms with van der Waals surface area (Å²) >= 11 is 2.35. The van der Waals surface area contributed by atoms with Crippen LogP contribution in [0.25, 0.3) is 11.0 Å². The quantitative estimate of drug-likeness (QED) is 0.672. The second kappa shape index (κ2) is 3.26. The molecule has 0 radical (unpaired) electrons. The van der Waals surface area contributed by atoms with Gasteiger partial charge in [-0.15, -0.1) is 0 Å².